The van der Waals surface area contributed by atoms with E-state index in [2.05, 4.69) is 28.9 Å². The van der Waals surface area contributed by atoms with Crippen LogP contribution in [0, 0.1) is 0 Å². The van der Waals surface area contributed by atoms with E-state index in [9.17, 15) is 13.2 Å². The zero-order valence-electron chi connectivity index (χ0n) is 15.5. The van der Waals surface area contributed by atoms with Crippen LogP contribution in [0.3, 0.4) is 0 Å². The lowest BCUT2D eigenvalue weighted by Gasteiger charge is -2.26. The molecule has 1 aromatic heterocycles. The minimum Gasteiger partial charge on any atom is -0.338 e. The molecule has 0 spiro atoms. The number of rotatable bonds is 3. The molecule has 2 aliphatic heterocycles. The average Bonchev–Trinajstić information content (AvgIpc) is 3.18. The molecule has 2 unspecified atom stereocenters. The predicted octanol–water partition coefficient (Wildman–Crippen LogP) is 2.42. The van der Waals surface area contributed by atoms with Gasteiger partial charge in [-0.2, -0.15) is 0 Å². The van der Waals surface area contributed by atoms with Gasteiger partial charge in [0.05, 0.1) is 29.0 Å². The van der Waals surface area contributed by atoms with Gasteiger partial charge in [0, 0.05) is 31.0 Å². The molecule has 2 aliphatic rings. The Morgan fingerprint density at radius 2 is 2.04 bits per heavy atom. The van der Waals surface area contributed by atoms with E-state index in [1.165, 1.54) is 5.56 Å². The minimum atomic E-state index is -3.04. The number of benzene rings is 1. The molecule has 6 nitrogen and oxygen atoms in total. The molecule has 1 fully saturated rings. The van der Waals surface area contributed by atoms with Crippen LogP contribution >= 0.6 is 0 Å². The zero-order chi connectivity index (χ0) is 19.2. The molecule has 2 aromatic rings. The molecule has 0 aliphatic carbocycles. The van der Waals surface area contributed by atoms with E-state index in [1.54, 1.807) is 24.3 Å². The van der Waals surface area contributed by atoms with Crippen molar-refractivity contribution >= 4 is 27.1 Å². The Balaban J connectivity index is 1.61. The van der Waals surface area contributed by atoms with Gasteiger partial charge in [-0.3, -0.25) is 9.78 Å². The van der Waals surface area contributed by atoms with Crippen LogP contribution in [0.5, 0.6) is 0 Å². The first-order valence-electron chi connectivity index (χ1n) is 9.15. The van der Waals surface area contributed by atoms with Gasteiger partial charge in [0.25, 0.3) is 5.91 Å². The fourth-order valence-electron chi connectivity index (χ4n) is 4.09. The van der Waals surface area contributed by atoms with Crippen LogP contribution in [-0.2, 0) is 16.3 Å². The highest BCUT2D eigenvalue weighted by Crippen LogP contribution is 2.38. The van der Waals surface area contributed by atoms with Crippen LogP contribution in [-0.4, -0.2) is 54.8 Å². The first-order chi connectivity index (χ1) is 12.9. The Labute approximate surface area is 159 Å². The molecular formula is C20H23N3O3S. The summed E-state index contributed by atoms with van der Waals surface area (Å²) in [5, 5.41) is 0. The van der Waals surface area contributed by atoms with E-state index in [-0.39, 0.29) is 29.5 Å². The summed E-state index contributed by atoms with van der Waals surface area (Å²) in [5.74, 6) is 0.000687. The van der Waals surface area contributed by atoms with Gasteiger partial charge >= 0.3 is 0 Å². The monoisotopic (exact) mass is 385 g/mol. The Hall–Kier alpha value is -2.41. The molecule has 1 aromatic carbocycles. The summed E-state index contributed by atoms with van der Waals surface area (Å²) in [6.45, 7) is 2.16. The van der Waals surface area contributed by atoms with Crippen molar-refractivity contribution in [2.45, 2.75) is 31.8 Å². The second-order valence-electron chi connectivity index (χ2n) is 7.46. The van der Waals surface area contributed by atoms with Crippen molar-refractivity contribution in [1.29, 1.82) is 0 Å². The number of amides is 1. The maximum absolute atomic E-state index is 12.9. The zero-order valence-corrected chi connectivity index (χ0v) is 16.3. The quantitative estimate of drug-likeness (QED) is 0.812. The van der Waals surface area contributed by atoms with Gasteiger partial charge in [0.15, 0.2) is 9.84 Å². The highest BCUT2D eigenvalue weighted by atomic mass is 32.2. The van der Waals surface area contributed by atoms with Crippen molar-refractivity contribution in [1.82, 2.24) is 9.88 Å². The van der Waals surface area contributed by atoms with E-state index < -0.39 is 9.84 Å². The molecule has 0 saturated carbocycles. The lowest BCUT2D eigenvalue weighted by molar-refractivity contribution is 0.0747. The number of aromatic nitrogens is 1. The third-order valence-electron chi connectivity index (χ3n) is 5.53. The second kappa shape index (κ2) is 6.64. The third kappa shape index (κ3) is 3.32. The molecule has 0 N–H and O–H groups in total. The number of carbonyl (C=O) groups excluding carboxylic acids is 1. The van der Waals surface area contributed by atoms with Gasteiger partial charge in [-0.25, -0.2) is 8.42 Å². The molecule has 142 valence electrons. The normalized spacial score (nSPS) is 23.3. The van der Waals surface area contributed by atoms with Crippen LogP contribution in [0.15, 0.2) is 42.7 Å². The summed E-state index contributed by atoms with van der Waals surface area (Å²) in [6.07, 6.45) is 4.77. The number of para-hydroxylation sites is 1. The fraction of sp³-hybridized carbons (Fsp3) is 0.400. The average molecular weight is 385 g/mol. The highest BCUT2D eigenvalue weighted by Gasteiger charge is 2.33. The fourth-order valence-corrected chi connectivity index (χ4v) is 5.86. The summed E-state index contributed by atoms with van der Waals surface area (Å²) < 4.78 is 23.5. The third-order valence-corrected chi connectivity index (χ3v) is 7.28. The van der Waals surface area contributed by atoms with Gasteiger partial charge in [0.2, 0.25) is 0 Å². The van der Waals surface area contributed by atoms with Crippen LogP contribution in [0.25, 0.3) is 0 Å². The lowest BCUT2D eigenvalue weighted by Crippen LogP contribution is -2.38. The molecule has 1 amide bonds. The minimum absolute atomic E-state index is 0.0406. The van der Waals surface area contributed by atoms with Gasteiger partial charge in [0.1, 0.15) is 0 Å². The number of pyridine rings is 1. The summed E-state index contributed by atoms with van der Waals surface area (Å²) in [7, 11) is -1.36. The van der Waals surface area contributed by atoms with Gasteiger partial charge in [-0.05, 0) is 37.5 Å². The smallest absolute Gasteiger partial charge is 0.255 e. The largest absolute Gasteiger partial charge is 0.338 e. The molecule has 27 heavy (non-hydrogen) atoms. The number of sulfone groups is 1. The molecule has 7 heteroatoms. The summed E-state index contributed by atoms with van der Waals surface area (Å²) in [5.41, 5.74) is 3.79. The summed E-state index contributed by atoms with van der Waals surface area (Å²) in [6, 6.07) is 10.1. The maximum atomic E-state index is 12.9. The first kappa shape index (κ1) is 18.0. The van der Waals surface area contributed by atoms with E-state index in [0.717, 1.165) is 17.8 Å². The van der Waals surface area contributed by atoms with Gasteiger partial charge in [-0.15, -0.1) is 0 Å². The van der Waals surface area contributed by atoms with E-state index >= 15 is 0 Å². The number of hydrogen-bond acceptors (Lipinski definition) is 5. The second-order valence-corrected chi connectivity index (χ2v) is 9.69. The van der Waals surface area contributed by atoms with E-state index in [0.29, 0.717) is 12.0 Å². The number of hydrogen-bond donors (Lipinski definition) is 0. The Morgan fingerprint density at radius 1 is 1.26 bits per heavy atom. The molecular weight excluding hydrogens is 362 g/mol. The van der Waals surface area contributed by atoms with Crippen LogP contribution < -0.4 is 4.90 Å². The predicted molar refractivity (Wildman–Crippen MR) is 105 cm³/mol. The Kier molecular flexibility index (Phi) is 4.42. The lowest BCUT2D eigenvalue weighted by atomic mass is 10.1. The topological polar surface area (TPSA) is 70.6 Å². The molecule has 3 heterocycles. The standard InChI is InChI=1S/C20H23N3O3S/c1-14-9-15-5-3-4-6-19(15)23(14)18-10-16(11-21-12-18)20(24)22(2)17-7-8-27(25,26)13-17/h3-6,10-12,14,17H,7-9,13H2,1-2H3. The molecule has 2 atom stereocenters. The van der Waals surface area contributed by atoms with E-state index in [4.69, 9.17) is 0 Å². The van der Waals surface area contributed by atoms with Crippen molar-refractivity contribution in [2.24, 2.45) is 0 Å². The van der Waals surface area contributed by atoms with Crippen molar-refractivity contribution in [2.75, 3.05) is 23.5 Å². The number of nitrogens with zero attached hydrogens (tertiary/aromatic N) is 3. The summed E-state index contributed by atoms with van der Waals surface area (Å²) >= 11 is 0. The SMILES string of the molecule is CC1Cc2ccccc2N1c1cncc(C(=O)N(C)C2CCS(=O)(=O)C2)c1. The highest BCUT2D eigenvalue weighted by molar-refractivity contribution is 7.91. The Morgan fingerprint density at radius 3 is 2.78 bits per heavy atom. The Bertz CT molecular complexity index is 989. The van der Waals surface area contributed by atoms with Crippen LogP contribution in [0.1, 0.15) is 29.3 Å². The molecule has 1 saturated heterocycles. The van der Waals surface area contributed by atoms with Crippen molar-refractivity contribution < 1.29 is 13.2 Å². The van der Waals surface area contributed by atoms with Crippen LogP contribution in [0.2, 0.25) is 0 Å². The van der Waals surface area contributed by atoms with Crippen molar-refractivity contribution in [3.05, 3.63) is 53.9 Å². The van der Waals surface area contributed by atoms with Gasteiger partial charge < -0.3 is 9.80 Å². The number of fused-ring (bicyclic) bond motifs is 1. The molecule has 0 radical (unpaired) electrons. The van der Waals surface area contributed by atoms with Crippen LogP contribution in [0.4, 0.5) is 11.4 Å². The first-order valence-corrected chi connectivity index (χ1v) is 11.0. The van der Waals surface area contributed by atoms with Gasteiger partial charge in [-0.1, -0.05) is 18.2 Å². The maximum Gasteiger partial charge on any atom is 0.255 e. The van der Waals surface area contributed by atoms with Crippen molar-refractivity contribution in [3.63, 3.8) is 0 Å². The van der Waals surface area contributed by atoms with Crippen molar-refractivity contribution in [3.8, 4) is 0 Å². The number of anilines is 2. The molecule has 0 bridgehead atoms. The summed E-state index contributed by atoms with van der Waals surface area (Å²) in [4.78, 5) is 21.0. The molecule has 4 rings (SSSR count). The van der Waals surface area contributed by atoms with E-state index in [1.807, 2.05) is 18.2 Å². The number of carbonyl (C=O) groups is 1.